The van der Waals surface area contributed by atoms with Crippen molar-refractivity contribution in [2.45, 2.75) is 38.4 Å². The number of aromatic nitrogens is 4. The molecule has 1 fully saturated rings. The van der Waals surface area contributed by atoms with Gasteiger partial charge in [-0.05, 0) is 12.0 Å². The Morgan fingerprint density at radius 2 is 2.21 bits per heavy atom. The first kappa shape index (κ1) is 16.4. The van der Waals surface area contributed by atoms with Crippen LogP contribution in [0.15, 0.2) is 19.0 Å². The van der Waals surface area contributed by atoms with Crippen molar-refractivity contribution in [2.75, 3.05) is 18.8 Å². The minimum atomic E-state index is -1.12. The second-order valence-corrected chi connectivity index (χ2v) is 6.38. The molecule has 2 aromatic heterocycles. The van der Waals surface area contributed by atoms with E-state index in [1.807, 2.05) is 13.8 Å². The Morgan fingerprint density at radius 3 is 2.88 bits per heavy atom. The van der Waals surface area contributed by atoms with Gasteiger partial charge < -0.3 is 10.6 Å². The number of hydrogen-bond donors (Lipinski definition) is 1. The molecule has 0 aliphatic carbocycles. The fourth-order valence-electron chi connectivity index (χ4n) is 3.18. The van der Waals surface area contributed by atoms with E-state index in [-0.39, 0.29) is 30.8 Å². The van der Waals surface area contributed by atoms with Crippen molar-refractivity contribution in [3.63, 3.8) is 0 Å². The number of anilines is 1. The van der Waals surface area contributed by atoms with Gasteiger partial charge in [0.1, 0.15) is 18.3 Å². The molecule has 0 radical (unpaired) electrons. The molecule has 1 aliphatic rings. The SMILES string of the molecule is C=CC(=O)N1CC(F)C[C@@H](n2nc(C(C)C)c3c(N)ncnc32)C1. The zero-order chi connectivity index (χ0) is 17.4. The monoisotopic (exact) mass is 332 g/mol. The molecule has 0 saturated carbocycles. The maximum atomic E-state index is 14.2. The predicted octanol–water partition coefficient (Wildman–Crippen LogP) is 1.83. The number of hydrogen-bond acceptors (Lipinski definition) is 5. The molecule has 0 aromatic carbocycles. The highest BCUT2D eigenvalue weighted by Crippen LogP contribution is 2.32. The Bertz CT molecular complexity index is 786. The van der Waals surface area contributed by atoms with Crippen molar-refractivity contribution >= 4 is 22.8 Å². The van der Waals surface area contributed by atoms with Gasteiger partial charge in [-0.2, -0.15) is 5.10 Å². The van der Waals surface area contributed by atoms with E-state index in [2.05, 4.69) is 21.6 Å². The fraction of sp³-hybridized carbons (Fsp3) is 0.500. The topological polar surface area (TPSA) is 89.9 Å². The van der Waals surface area contributed by atoms with Crippen LogP contribution in [0.4, 0.5) is 10.2 Å². The summed E-state index contributed by atoms with van der Waals surface area (Å²) in [4.78, 5) is 21.7. The molecule has 1 aliphatic heterocycles. The Morgan fingerprint density at radius 1 is 1.46 bits per heavy atom. The summed E-state index contributed by atoms with van der Waals surface area (Å²) in [5.41, 5.74) is 7.37. The number of carbonyl (C=O) groups is 1. The number of nitrogen functional groups attached to an aromatic ring is 1. The van der Waals surface area contributed by atoms with Gasteiger partial charge in [0, 0.05) is 13.0 Å². The van der Waals surface area contributed by atoms with E-state index in [0.29, 0.717) is 23.4 Å². The average Bonchev–Trinajstić information content (AvgIpc) is 2.95. The molecule has 3 heterocycles. The van der Waals surface area contributed by atoms with Gasteiger partial charge in [-0.1, -0.05) is 20.4 Å². The number of amides is 1. The van der Waals surface area contributed by atoms with Crippen LogP contribution in [-0.4, -0.2) is 49.8 Å². The van der Waals surface area contributed by atoms with E-state index in [1.54, 1.807) is 4.68 Å². The molecule has 1 unspecified atom stereocenters. The highest BCUT2D eigenvalue weighted by Gasteiger charge is 2.32. The van der Waals surface area contributed by atoms with Crippen LogP contribution in [0, 0.1) is 0 Å². The van der Waals surface area contributed by atoms with Crippen LogP contribution in [0.1, 0.15) is 37.9 Å². The summed E-state index contributed by atoms with van der Waals surface area (Å²) < 4.78 is 15.9. The van der Waals surface area contributed by atoms with Crippen molar-refractivity contribution in [1.82, 2.24) is 24.6 Å². The number of rotatable bonds is 3. The average molecular weight is 332 g/mol. The first-order valence-corrected chi connectivity index (χ1v) is 7.96. The minimum Gasteiger partial charge on any atom is -0.383 e. The second-order valence-electron chi connectivity index (χ2n) is 6.38. The molecule has 1 saturated heterocycles. The largest absolute Gasteiger partial charge is 0.383 e. The molecule has 7 nitrogen and oxygen atoms in total. The van der Waals surface area contributed by atoms with Crippen LogP contribution < -0.4 is 5.73 Å². The van der Waals surface area contributed by atoms with Gasteiger partial charge in [0.05, 0.1) is 23.7 Å². The van der Waals surface area contributed by atoms with Crippen molar-refractivity contribution in [2.24, 2.45) is 0 Å². The lowest BCUT2D eigenvalue weighted by atomic mass is 10.0. The van der Waals surface area contributed by atoms with E-state index in [4.69, 9.17) is 5.73 Å². The number of nitrogens with two attached hydrogens (primary N) is 1. The number of carbonyl (C=O) groups excluding carboxylic acids is 1. The van der Waals surface area contributed by atoms with E-state index < -0.39 is 6.17 Å². The number of alkyl halides is 1. The van der Waals surface area contributed by atoms with Crippen LogP contribution in [0.25, 0.3) is 11.0 Å². The Balaban J connectivity index is 2.07. The van der Waals surface area contributed by atoms with E-state index >= 15 is 0 Å². The number of nitrogens with zero attached hydrogens (tertiary/aromatic N) is 5. The third-order valence-corrected chi connectivity index (χ3v) is 4.30. The van der Waals surface area contributed by atoms with Crippen LogP contribution in [0.3, 0.4) is 0 Å². The summed E-state index contributed by atoms with van der Waals surface area (Å²) >= 11 is 0. The van der Waals surface area contributed by atoms with Gasteiger partial charge >= 0.3 is 0 Å². The first-order valence-electron chi connectivity index (χ1n) is 7.96. The molecule has 128 valence electrons. The predicted molar refractivity (Wildman–Crippen MR) is 89.2 cm³/mol. The Labute approximate surface area is 139 Å². The summed E-state index contributed by atoms with van der Waals surface area (Å²) in [5, 5.41) is 5.33. The van der Waals surface area contributed by atoms with Gasteiger partial charge in [0.25, 0.3) is 0 Å². The second kappa shape index (κ2) is 6.18. The number of fused-ring (bicyclic) bond motifs is 1. The minimum absolute atomic E-state index is 0.0781. The molecule has 8 heteroatoms. The molecule has 0 spiro atoms. The van der Waals surface area contributed by atoms with Crippen molar-refractivity contribution < 1.29 is 9.18 Å². The standard InChI is InChI=1S/C16H21FN6O/c1-4-12(24)22-6-10(17)5-11(7-22)23-16-13(14(21-23)9(2)3)15(18)19-8-20-16/h4,8-11H,1,5-7H2,2-3H3,(H2,18,19,20)/t10?,11-/m1/s1. The first-order chi connectivity index (χ1) is 11.4. The van der Waals surface area contributed by atoms with Gasteiger partial charge in [0.15, 0.2) is 5.65 Å². The molecular weight excluding hydrogens is 311 g/mol. The van der Waals surface area contributed by atoms with E-state index in [1.165, 1.54) is 17.3 Å². The molecule has 3 rings (SSSR count). The molecule has 1 amide bonds. The van der Waals surface area contributed by atoms with Crippen LogP contribution in [0.5, 0.6) is 0 Å². The summed E-state index contributed by atoms with van der Waals surface area (Å²) in [6.45, 7) is 7.93. The highest BCUT2D eigenvalue weighted by molar-refractivity contribution is 5.89. The number of halogens is 1. The lowest BCUT2D eigenvalue weighted by Gasteiger charge is -2.34. The summed E-state index contributed by atoms with van der Waals surface area (Å²) in [7, 11) is 0. The zero-order valence-electron chi connectivity index (χ0n) is 13.8. The van der Waals surface area contributed by atoms with Crippen LogP contribution in [0.2, 0.25) is 0 Å². The maximum Gasteiger partial charge on any atom is 0.246 e. The maximum absolute atomic E-state index is 14.2. The number of likely N-dealkylation sites (tertiary alicyclic amines) is 1. The molecule has 2 N–H and O–H groups in total. The summed E-state index contributed by atoms with van der Waals surface area (Å²) in [6, 6.07) is -0.304. The molecular formula is C16H21FN6O. The van der Waals surface area contributed by atoms with Crippen molar-refractivity contribution in [3.8, 4) is 0 Å². The smallest absolute Gasteiger partial charge is 0.246 e. The lowest BCUT2D eigenvalue weighted by Crippen LogP contribution is -2.45. The van der Waals surface area contributed by atoms with Gasteiger partial charge in [0.2, 0.25) is 5.91 Å². The molecule has 24 heavy (non-hydrogen) atoms. The lowest BCUT2D eigenvalue weighted by molar-refractivity contribution is -0.129. The van der Waals surface area contributed by atoms with Gasteiger partial charge in [-0.25, -0.2) is 19.0 Å². The van der Waals surface area contributed by atoms with Crippen LogP contribution in [-0.2, 0) is 4.79 Å². The Kier molecular flexibility index (Phi) is 4.21. The van der Waals surface area contributed by atoms with Crippen molar-refractivity contribution in [1.29, 1.82) is 0 Å². The normalized spacial score (nSPS) is 21.4. The summed E-state index contributed by atoms with van der Waals surface area (Å²) in [6.07, 6.45) is 1.74. The number of piperidine rings is 1. The van der Waals surface area contributed by atoms with E-state index in [0.717, 1.165) is 5.69 Å². The van der Waals surface area contributed by atoms with Crippen molar-refractivity contribution in [3.05, 3.63) is 24.7 Å². The highest BCUT2D eigenvalue weighted by atomic mass is 19.1. The van der Waals surface area contributed by atoms with Gasteiger partial charge in [-0.15, -0.1) is 0 Å². The third kappa shape index (κ3) is 2.72. The third-order valence-electron chi connectivity index (χ3n) is 4.30. The summed E-state index contributed by atoms with van der Waals surface area (Å²) in [5.74, 6) is 0.205. The quantitative estimate of drug-likeness (QED) is 0.866. The van der Waals surface area contributed by atoms with Crippen LogP contribution >= 0.6 is 0 Å². The fourth-order valence-corrected chi connectivity index (χ4v) is 3.18. The molecule has 2 aromatic rings. The van der Waals surface area contributed by atoms with E-state index in [9.17, 15) is 9.18 Å². The molecule has 0 bridgehead atoms. The van der Waals surface area contributed by atoms with Gasteiger partial charge in [-0.3, -0.25) is 4.79 Å². The Hall–Kier alpha value is -2.51. The zero-order valence-corrected chi connectivity index (χ0v) is 13.8. The molecule has 2 atom stereocenters.